The van der Waals surface area contributed by atoms with Crippen LogP contribution in [-0.4, -0.2) is 32.0 Å². The first-order chi connectivity index (χ1) is 9.27. The first-order valence-electron chi connectivity index (χ1n) is 5.56. The summed E-state index contributed by atoms with van der Waals surface area (Å²) in [6, 6.07) is 3.68. The number of carbonyl (C=O) groups is 2. The molecule has 1 rings (SSSR count). The van der Waals surface area contributed by atoms with Gasteiger partial charge >= 0.3 is 5.97 Å². The van der Waals surface area contributed by atoms with Gasteiger partial charge in [0.2, 0.25) is 5.91 Å². The summed E-state index contributed by atoms with van der Waals surface area (Å²) < 4.78 is 23.6. The second-order valence-electron chi connectivity index (χ2n) is 3.82. The largest absolute Gasteiger partial charge is 0.478 e. The van der Waals surface area contributed by atoms with Crippen LogP contribution in [0.1, 0.15) is 22.8 Å². The van der Waals surface area contributed by atoms with E-state index in [1.807, 2.05) is 0 Å². The van der Waals surface area contributed by atoms with Crippen molar-refractivity contribution in [2.45, 2.75) is 18.2 Å². The Kier molecular flexibility index (Phi) is 5.19. The predicted molar refractivity (Wildman–Crippen MR) is 68.2 cm³/mol. The van der Waals surface area contributed by atoms with Crippen LogP contribution in [0.15, 0.2) is 23.1 Å². The van der Waals surface area contributed by atoms with Crippen LogP contribution in [0, 0.1) is 0 Å². The SMILES string of the molecule is CCc1ccc(S(=O)(=O)NOCC(N)=O)cc1C(=O)O. The molecule has 9 heteroatoms. The lowest BCUT2D eigenvalue weighted by Gasteiger charge is -2.09. The highest BCUT2D eigenvalue weighted by molar-refractivity contribution is 7.89. The Morgan fingerprint density at radius 3 is 2.55 bits per heavy atom. The fourth-order valence-corrected chi connectivity index (χ4v) is 2.29. The van der Waals surface area contributed by atoms with E-state index in [4.69, 9.17) is 10.8 Å². The third-order valence-corrected chi connectivity index (χ3v) is 3.60. The van der Waals surface area contributed by atoms with Gasteiger partial charge in [-0.05, 0) is 24.1 Å². The van der Waals surface area contributed by atoms with E-state index in [2.05, 4.69) is 4.84 Å². The lowest BCUT2D eigenvalue weighted by molar-refractivity contribution is -0.123. The van der Waals surface area contributed by atoms with Gasteiger partial charge in [-0.25, -0.2) is 13.2 Å². The number of hydrogen-bond donors (Lipinski definition) is 3. The number of nitrogens with one attached hydrogen (secondary N) is 1. The average Bonchev–Trinajstić information content (AvgIpc) is 2.37. The Hall–Kier alpha value is -1.97. The van der Waals surface area contributed by atoms with Gasteiger partial charge in [0, 0.05) is 0 Å². The van der Waals surface area contributed by atoms with E-state index >= 15 is 0 Å². The van der Waals surface area contributed by atoms with Crippen LogP contribution in [0.5, 0.6) is 0 Å². The molecule has 0 bridgehead atoms. The summed E-state index contributed by atoms with van der Waals surface area (Å²) in [5.74, 6) is -2.07. The lowest BCUT2D eigenvalue weighted by Crippen LogP contribution is -2.29. The van der Waals surface area contributed by atoms with Crippen molar-refractivity contribution >= 4 is 21.9 Å². The minimum Gasteiger partial charge on any atom is -0.478 e. The molecule has 0 aliphatic carbocycles. The molecule has 0 aliphatic rings. The molecule has 0 atom stereocenters. The third kappa shape index (κ3) is 4.02. The smallest absolute Gasteiger partial charge is 0.336 e. The molecule has 0 fully saturated rings. The zero-order valence-electron chi connectivity index (χ0n) is 10.6. The number of hydrogen-bond acceptors (Lipinski definition) is 5. The van der Waals surface area contributed by atoms with Crippen molar-refractivity contribution in [2.24, 2.45) is 5.73 Å². The van der Waals surface area contributed by atoms with Gasteiger partial charge in [0.05, 0.1) is 10.5 Å². The van der Waals surface area contributed by atoms with E-state index in [1.54, 1.807) is 11.8 Å². The highest BCUT2D eigenvalue weighted by Gasteiger charge is 2.18. The average molecular weight is 302 g/mol. The quantitative estimate of drug-likeness (QED) is 0.589. The number of benzene rings is 1. The number of sulfonamides is 1. The topological polar surface area (TPSA) is 136 Å². The molecule has 1 amide bonds. The van der Waals surface area contributed by atoms with Crippen LogP contribution in [0.4, 0.5) is 0 Å². The van der Waals surface area contributed by atoms with Gasteiger partial charge in [-0.2, -0.15) is 0 Å². The van der Waals surface area contributed by atoms with Crippen LogP contribution in [0.25, 0.3) is 0 Å². The summed E-state index contributed by atoms with van der Waals surface area (Å²) in [5.41, 5.74) is 5.19. The Bertz CT molecular complexity index is 626. The van der Waals surface area contributed by atoms with Crippen LogP contribution >= 0.6 is 0 Å². The fraction of sp³-hybridized carbons (Fsp3) is 0.273. The number of rotatable bonds is 7. The minimum absolute atomic E-state index is 0.106. The van der Waals surface area contributed by atoms with Gasteiger partial charge in [-0.3, -0.25) is 9.63 Å². The van der Waals surface area contributed by atoms with Crippen molar-refractivity contribution in [2.75, 3.05) is 6.61 Å². The second-order valence-corrected chi connectivity index (χ2v) is 5.46. The van der Waals surface area contributed by atoms with E-state index in [-0.39, 0.29) is 10.5 Å². The number of aryl methyl sites for hydroxylation is 1. The minimum atomic E-state index is -4.08. The molecule has 0 spiro atoms. The molecule has 1 aromatic carbocycles. The highest BCUT2D eigenvalue weighted by atomic mass is 32.2. The molecule has 0 aromatic heterocycles. The molecular formula is C11H14N2O6S. The molecule has 0 heterocycles. The summed E-state index contributed by atoms with van der Waals surface area (Å²) in [6.07, 6.45) is 0.452. The fourth-order valence-electron chi connectivity index (χ4n) is 1.46. The van der Waals surface area contributed by atoms with Crippen LogP contribution in [0.2, 0.25) is 0 Å². The van der Waals surface area contributed by atoms with Gasteiger partial charge in [0.25, 0.3) is 10.0 Å². The standard InChI is InChI=1S/C11H14N2O6S/c1-2-7-3-4-8(5-9(7)11(15)16)20(17,18)13-19-6-10(12)14/h3-5,13H,2,6H2,1H3,(H2,12,14)(H,15,16). The van der Waals surface area contributed by atoms with Crippen molar-refractivity contribution in [1.29, 1.82) is 0 Å². The van der Waals surface area contributed by atoms with E-state index in [0.29, 0.717) is 12.0 Å². The first-order valence-corrected chi connectivity index (χ1v) is 7.04. The summed E-state index contributed by atoms with van der Waals surface area (Å²) >= 11 is 0. The lowest BCUT2D eigenvalue weighted by atomic mass is 10.1. The van der Waals surface area contributed by atoms with E-state index in [9.17, 15) is 18.0 Å². The van der Waals surface area contributed by atoms with E-state index in [1.165, 1.54) is 12.1 Å². The summed E-state index contributed by atoms with van der Waals surface area (Å²) in [5, 5.41) is 9.03. The maximum Gasteiger partial charge on any atom is 0.336 e. The summed E-state index contributed by atoms with van der Waals surface area (Å²) in [6.45, 7) is 1.13. The number of carbonyl (C=O) groups excluding carboxylic acids is 1. The molecular weight excluding hydrogens is 288 g/mol. The van der Waals surface area contributed by atoms with Gasteiger partial charge < -0.3 is 10.8 Å². The first kappa shape index (κ1) is 16.1. The van der Waals surface area contributed by atoms with E-state index < -0.39 is 28.5 Å². The van der Waals surface area contributed by atoms with Crippen molar-refractivity contribution in [3.63, 3.8) is 0 Å². The van der Waals surface area contributed by atoms with Crippen LogP contribution in [0.3, 0.4) is 0 Å². The highest BCUT2D eigenvalue weighted by Crippen LogP contribution is 2.17. The Morgan fingerprint density at radius 1 is 1.40 bits per heavy atom. The van der Waals surface area contributed by atoms with Crippen LogP contribution < -0.4 is 10.6 Å². The molecule has 0 radical (unpaired) electrons. The van der Waals surface area contributed by atoms with Crippen molar-refractivity contribution < 1.29 is 28.0 Å². The summed E-state index contributed by atoms with van der Waals surface area (Å²) in [7, 11) is -4.08. The second kappa shape index (κ2) is 6.46. The molecule has 110 valence electrons. The van der Waals surface area contributed by atoms with E-state index in [0.717, 1.165) is 6.07 Å². The monoisotopic (exact) mass is 302 g/mol. The molecule has 20 heavy (non-hydrogen) atoms. The van der Waals surface area contributed by atoms with Crippen molar-refractivity contribution in [3.05, 3.63) is 29.3 Å². The molecule has 8 nitrogen and oxygen atoms in total. The number of carboxylic acid groups (broad SMARTS) is 1. The Labute approximate surface area is 115 Å². The molecule has 4 N–H and O–H groups in total. The van der Waals surface area contributed by atoms with Crippen molar-refractivity contribution in [1.82, 2.24) is 4.89 Å². The maximum atomic E-state index is 11.8. The number of carboxylic acids is 1. The Balaban J connectivity index is 3.04. The van der Waals surface area contributed by atoms with Crippen molar-refractivity contribution in [3.8, 4) is 0 Å². The third-order valence-electron chi connectivity index (χ3n) is 2.39. The maximum absolute atomic E-state index is 11.8. The normalized spacial score (nSPS) is 11.2. The zero-order valence-corrected chi connectivity index (χ0v) is 11.4. The molecule has 0 saturated heterocycles. The summed E-state index contributed by atoms with van der Waals surface area (Å²) in [4.78, 5) is 27.3. The van der Waals surface area contributed by atoms with Gasteiger partial charge in [-0.15, -0.1) is 0 Å². The zero-order chi connectivity index (χ0) is 15.3. The van der Waals surface area contributed by atoms with Gasteiger partial charge in [0.15, 0.2) is 0 Å². The number of aromatic carboxylic acids is 1. The number of primary amides is 1. The van der Waals surface area contributed by atoms with Gasteiger partial charge in [-0.1, -0.05) is 17.9 Å². The number of amides is 1. The molecule has 0 unspecified atom stereocenters. The molecule has 0 aliphatic heterocycles. The van der Waals surface area contributed by atoms with Gasteiger partial charge in [0.1, 0.15) is 6.61 Å². The Morgan fingerprint density at radius 2 is 2.05 bits per heavy atom. The predicted octanol–water partition coefficient (Wildman–Crippen LogP) is -0.358. The molecule has 1 aromatic rings. The molecule has 0 saturated carbocycles. The number of nitrogens with two attached hydrogens (primary N) is 1. The van der Waals surface area contributed by atoms with Crippen LogP contribution in [-0.2, 0) is 26.1 Å².